The van der Waals surface area contributed by atoms with E-state index in [1.165, 1.54) is 6.42 Å². The zero-order chi connectivity index (χ0) is 11.8. The summed E-state index contributed by atoms with van der Waals surface area (Å²) in [7, 11) is 0. The molecule has 0 aromatic carbocycles. The van der Waals surface area contributed by atoms with Gasteiger partial charge < -0.3 is 10.5 Å². The van der Waals surface area contributed by atoms with Crippen LogP contribution >= 0.6 is 0 Å². The molecule has 1 aliphatic carbocycles. The Balaban J connectivity index is 2.11. The van der Waals surface area contributed by atoms with E-state index in [1.807, 2.05) is 19.2 Å². The van der Waals surface area contributed by atoms with Crippen molar-refractivity contribution in [2.75, 3.05) is 6.61 Å². The highest BCUT2D eigenvalue weighted by molar-refractivity contribution is 5.28. The van der Waals surface area contributed by atoms with Crippen molar-refractivity contribution >= 4 is 0 Å². The fourth-order valence-corrected chi connectivity index (χ4v) is 2.22. The van der Waals surface area contributed by atoms with Gasteiger partial charge in [-0.05, 0) is 36.3 Å². The summed E-state index contributed by atoms with van der Waals surface area (Å²) in [6.07, 6.45) is 4.78. The Hall–Kier alpha value is -1.09. The predicted molar refractivity (Wildman–Crippen MR) is 64.2 cm³/mol. The lowest BCUT2D eigenvalue weighted by atomic mass is 9.99. The van der Waals surface area contributed by atoms with Crippen LogP contribution in [0.5, 0.6) is 5.75 Å². The molecular formula is C13H20N2O. The highest BCUT2D eigenvalue weighted by atomic mass is 16.5. The second kappa shape index (κ2) is 4.06. The molecule has 2 atom stereocenters. The van der Waals surface area contributed by atoms with Crippen molar-refractivity contribution in [3.63, 3.8) is 0 Å². The van der Waals surface area contributed by atoms with Crippen molar-refractivity contribution in [3.8, 4) is 5.75 Å². The molecular weight excluding hydrogens is 200 g/mol. The van der Waals surface area contributed by atoms with Crippen LogP contribution < -0.4 is 10.5 Å². The van der Waals surface area contributed by atoms with E-state index in [2.05, 4.69) is 18.8 Å². The van der Waals surface area contributed by atoms with Crippen molar-refractivity contribution in [1.82, 2.24) is 4.98 Å². The van der Waals surface area contributed by atoms with Crippen LogP contribution in [0.1, 0.15) is 38.8 Å². The number of pyridine rings is 1. The number of ether oxygens (including phenoxy) is 1. The maximum absolute atomic E-state index is 6.25. The molecule has 1 saturated carbocycles. The molecule has 16 heavy (non-hydrogen) atoms. The van der Waals surface area contributed by atoms with E-state index >= 15 is 0 Å². The quantitative estimate of drug-likeness (QED) is 0.848. The van der Waals surface area contributed by atoms with Crippen LogP contribution in [-0.2, 0) is 0 Å². The van der Waals surface area contributed by atoms with Gasteiger partial charge in [0.05, 0.1) is 12.8 Å². The van der Waals surface area contributed by atoms with Crippen molar-refractivity contribution in [2.24, 2.45) is 17.1 Å². The van der Waals surface area contributed by atoms with Crippen LogP contribution in [0.2, 0.25) is 0 Å². The first-order valence-electron chi connectivity index (χ1n) is 5.88. The molecule has 88 valence electrons. The lowest BCUT2D eigenvalue weighted by Crippen LogP contribution is -2.15. The highest BCUT2D eigenvalue weighted by Gasteiger charge is 2.49. The zero-order valence-corrected chi connectivity index (χ0v) is 10.2. The van der Waals surface area contributed by atoms with Gasteiger partial charge in [0.15, 0.2) is 0 Å². The monoisotopic (exact) mass is 220 g/mol. The smallest absolute Gasteiger partial charge is 0.137 e. The predicted octanol–water partition coefficient (Wildman–Crippen LogP) is 2.53. The largest absolute Gasteiger partial charge is 0.492 e. The Morgan fingerprint density at radius 1 is 1.56 bits per heavy atom. The van der Waals surface area contributed by atoms with Gasteiger partial charge in [-0.15, -0.1) is 0 Å². The number of nitrogens with two attached hydrogens (primary N) is 1. The summed E-state index contributed by atoms with van der Waals surface area (Å²) >= 11 is 0. The summed E-state index contributed by atoms with van der Waals surface area (Å²) in [5, 5.41) is 0. The van der Waals surface area contributed by atoms with E-state index in [0.29, 0.717) is 17.9 Å². The summed E-state index contributed by atoms with van der Waals surface area (Å²) in [5.41, 5.74) is 7.72. The Bertz CT molecular complexity index is 376. The van der Waals surface area contributed by atoms with Crippen LogP contribution in [0, 0.1) is 11.3 Å². The average Bonchev–Trinajstić information content (AvgIpc) is 2.88. The molecule has 2 rings (SSSR count). The maximum atomic E-state index is 6.25. The Morgan fingerprint density at radius 2 is 2.25 bits per heavy atom. The molecule has 3 heteroatoms. The maximum Gasteiger partial charge on any atom is 0.137 e. The first-order valence-corrected chi connectivity index (χ1v) is 5.88. The first kappa shape index (κ1) is 11.4. The van der Waals surface area contributed by atoms with E-state index in [9.17, 15) is 0 Å². The first-order chi connectivity index (χ1) is 7.54. The van der Waals surface area contributed by atoms with E-state index in [4.69, 9.17) is 10.5 Å². The summed E-state index contributed by atoms with van der Waals surface area (Å²) < 4.78 is 5.43. The fourth-order valence-electron chi connectivity index (χ4n) is 2.22. The fraction of sp³-hybridized carbons (Fsp3) is 0.615. The number of rotatable bonds is 4. The third-order valence-electron chi connectivity index (χ3n) is 3.45. The molecule has 2 N–H and O–H groups in total. The second-order valence-corrected chi connectivity index (χ2v) is 5.21. The molecule has 1 fully saturated rings. The standard InChI is InChI=1S/C13H20N2O/c1-4-16-10-5-9(7-15-8-10)12(14)11-6-13(11,2)3/h5,7-8,11-12H,4,6,14H2,1-3H3. The summed E-state index contributed by atoms with van der Waals surface area (Å²) in [4.78, 5) is 4.18. The molecule has 3 nitrogen and oxygen atoms in total. The van der Waals surface area contributed by atoms with E-state index in [1.54, 1.807) is 6.20 Å². The molecule has 0 aliphatic heterocycles. The van der Waals surface area contributed by atoms with Gasteiger partial charge in [0.2, 0.25) is 0 Å². The van der Waals surface area contributed by atoms with Gasteiger partial charge in [0.25, 0.3) is 0 Å². The third-order valence-corrected chi connectivity index (χ3v) is 3.45. The molecule has 1 aliphatic rings. The minimum Gasteiger partial charge on any atom is -0.492 e. The normalized spacial score (nSPS) is 23.9. The Kier molecular flexibility index (Phi) is 2.89. The van der Waals surface area contributed by atoms with Crippen molar-refractivity contribution in [2.45, 2.75) is 33.2 Å². The molecule has 1 aromatic rings. The van der Waals surface area contributed by atoms with Crippen LogP contribution in [-0.4, -0.2) is 11.6 Å². The molecule has 0 saturated heterocycles. The number of hydrogen-bond acceptors (Lipinski definition) is 3. The highest BCUT2D eigenvalue weighted by Crippen LogP contribution is 2.56. The molecule has 0 amide bonds. The minimum absolute atomic E-state index is 0.0860. The molecule has 1 aromatic heterocycles. The minimum atomic E-state index is 0.0860. The van der Waals surface area contributed by atoms with Gasteiger partial charge in [-0.3, -0.25) is 4.98 Å². The van der Waals surface area contributed by atoms with Crippen LogP contribution in [0.4, 0.5) is 0 Å². The van der Waals surface area contributed by atoms with Gasteiger partial charge in [0, 0.05) is 12.2 Å². The van der Waals surface area contributed by atoms with Gasteiger partial charge in [-0.25, -0.2) is 0 Å². The second-order valence-electron chi connectivity index (χ2n) is 5.21. The van der Waals surface area contributed by atoms with Crippen molar-refractivity contribution in [3.05, 3.63) is 24.0 Å². The molecule has 0 spiro atoms. The molecule has 0 bridgehead atoms. The van der Waals surface area contributed by atoms with Crippen molar-refractivity contribution < 1.29 is 4.74 Å². The Morgan fingerprint density at radius 3 is 2.81 bits per heavy atom. The summed E-state index contributed by atoms with van der Waals surface area (Å²) in [5.74, 6) is 1.39. The summed E-state index contributed by atoms with van der Waals surface area (Å²) in [6.45, 7) is 7.15. The molecule has 2 unspecified atom stereocenters. The van der Waals surface area contributed by atoms with E-state index in [-0.39, 0.29) is 6.04 Å². The van der Waals surface area contributed by atoms with E-state index < -0.39 is 0 Å². The summed E-state index contributed by atoms with van der Waals surface area (Å²) in [6, 6.07) is 2.10. The number of aromatic nitrogens is 1. The molecule has 0 radical (unpaired) electrons. The number of hydrogen-bond donors (Lipinski definition) is 1. The van der Waals surface area contributed by atoms with Crippen molar-refractivity contribution in [1.29, 1.82) is 0 Å². The van der Waals surface area contributed by atoms with Crippen LogP contribution in [0.3, 0.4) is 0 Å². The average molecular weight is 220 g/mol. The molecule has 1 heterocycles. The number of nitrogens with zero attached hydrogens (tertiary/aromatic N) is 1. The van der Waals surface area contributed by atoms with Gasteiger partial charge in [0.1, 0.15) is 5.75 Å². The SMILES string of the molecule is CCOc1cncc(C(N)C2CC2(C)C)c1. The van der Waals surface area contributed by atoms with Gasteiger partial charge in [-0.2, -0.15) is 0 Å². The van der Waals surface area contributed by atoms with Crippen LogP contribution in [0.25, 0.3) is 0 Å². The Labute approximate surface area is 97.0 Å². The van der Waals surface area contributed by atoms with Crippen LogP contribution in [0.15, 0.2) is 18.5 Å². The topological polar surface area (TPSA) is 48.1 Å². The lowest BCUT2D eigenvalue weighted by molar-refractivity contribution is 0.337. The van der Waals surface area contributed by atoms with Gasteiger partial charge >= 0.3 is 0 Å². The lowest BCUT2D eigenvalue weighted by Gasteiger charge is -2.14. The zero-order valence-electron chi connectivity index (χ0n) is 10.2. The van der Waals surface area contributed by atoms with Gasteiger partial charge in [-0.1, -0.05) is 13.8 Å². The van der Waals surface area contributed by atoms with E-state index in [0.717, 1.165) is 11.3 Å². The third kappa shape index (κ3) is 2.19.